The van der Waals surface area contributed by atoms with Gasteiger partial charge in [-0.3, -0.25) is 14.8 Å². The smallest absolute Gasteiger partial charge is 0.223 e. The molecule has 0 aliphatic carbocycles. The zero-order valence-electron chi connectivity index (χ0n) is 10.6. The van der Waals surface area contributed by atoms with Gasteiger partial charge in [0.2, 0.25) is 5.91 Å². The number of aromatic nitrogens is 2. The first-order valence-electron chi connectivity index (χ1n) is 6.11. The van der Waals surface area contributed by atoms with E-state index < -0.39 is 6.10 Å². The molecule has 7 heteroatoms. The lowest BCUT2D eigenvalue weighted by Crippen LogP contribution is -2.31. The van der Waals surface area contributed by atoms with Crippen LogP contribution in [0.25, 0.3) is 0 Å². The summed E-state index contributed by atoms with van der Waals surface area (Å²) in [6.07, 6.45) is 5.43. The van der Waals surface area contributed by atoms with Gasteiger partial charge in [0.1, 0.15) is 0 Å². The van der Waals surface area contributed by atoms with Crippen LogP contribution in [0, 0.1) is 5.92 Å². The molecule has 2 rings (SSSR count). The molecular formula is C12H19ClN4O2. The Morgan fingerprint density at radius 2 is 2.26 bits per heavy atom. The van der Waals surface area contributed by atoms with Crippen molar-refractivity contribution in [2.45, 2.75) is 18.9 Å². The predicted molar refractivity (Wildman–Crippen MR) is 72.7 cm³/mol. The van der Waals surface area contributed by atoms with Crippen LogP contribution in [-0.4, -0.2) is 51.6 Å². The normalized spacial score (nSPS) is 22.1. The van der Waals surface area contributed by atoms with E-state index in [2.05, 4.69) is 9.97 Å². The molecule has 2 atom stereocenters. The van der Waals surface area contributed by atoms with Gasteiger partial charge in [0.05, 0.1) is 11.8 Å². The molecule has 3 N–H and O–H groups in total. The predicted octanol–water partition coefficient (Wildman–Crippen LogP) is -0.391. The van der Waals surface area contributed by atoms with Crippen LogP contribution in [0.1, 0.15) is 12.1 Å². The lowest BCUT2D eigenvalue weighted by atomic mass is 10.0. The van der Waals surface area contributed by atoms with Crippen molar-refractivity contribution in [3.63, 3.8) is 0 Å². The van der Waals surface area contributed by atoms with Gasteiger partial charge < -0.3 is 15.7 Å². The number of hydrogen-bond acceptors (Lipinski definition) is 5. The Morgan fingerprint density at radius 1 is 1.47 bits per heavy atom. The number of amides is 1. The summed E-state index contributed by atoms with van der Waals surface area (Å²) in [6, 6.07) is 0. The van der Waals surface area contributed by atoms with Crippen LogP contribution in [0.15, 0.2) is 18.6 Å². The van der Waals surface area contributed by atoms with Crippen LogP contribution in [0.3, 0.4) is 0 Å². The van der Waals surface area contributed by atoms with Gasteiger partial charge in [0.25, 0.3) is 0 Å². The Hall–Kier alpha value is -1.24. The zero-order chi connectivity index (χ0) is 13.0. The third-order valence-electron chi connectivity index (χ3n) is 3.21. The molecule has 1 saturated heterocycles. The third kappa shape index (κ3) is 4.12. The maximum atomic E-state index is 11.7. The fraction of sp³-hybridized carbons (Fsp3) is 0.583. The van der Waals surface area contributed by atoms with Crippen LogP contribution in [0.4, 0.5) is 0 Å². The maximum Gasteiger partial charge on any atom is 0.223 e. The number of hydrogen-bond donors (Lipinski definition) is 2. The molecule has 106 valence electrons. The van der Waals surface area contributed by atoms with Gasteiger partial charge in [-0.1, -0.05) is 0 Å². The molecule has 1 aliphatic rings. The van der Waals surface area contributed by atoms with Crippen LogP contribution < -0.4 is 5.73 Å². The second-order valence-electron chi connectivity index (χ2n) is 4.57. The fourth-order valence-corrected chi connectivity index (χ4v) is 2.24. The number of nitrogens with two attached hydrogens (primary N) is 1. The number of carbonyl (C=O) groups excluding carboxylic acids is 1. The van der Waals surface area contributed by atoms with Gasteiger partial charge >= 0.3 is 0 Å². The molecule has 19 heavy (non-hydrogen) atoms. The zero-order valence-corrected chi connectivity index (χ0v) is 11.4. The topological polar surface area (TPSA) is 92.3 Å². The van der Waals surface area contributed by atoms with E-state index >= 15 is 0 Å². The molecular weight excluding hydrogens is 268 g/mol. The molecule has 0 bridgehead atoms. The first-order valence-corrected chi connectivity index (χ1v) is 6.11. The minimum Gasteiger partial charge on any atom is -0.391 e. The van der Waals surface area contributed by atoms with Gasteiger partial charge in [-0.2, -0.15) is 0 Å². The Balaban J connectivity index is 0.00000180. The summed E-state index contributed by atoms with van der Waals surface area (Å²) in [5.74, 6) is 0.0432. The molecule has 1 aliphatic heterocycles. The first-order chi connectivity index (χ1) is 8.70. The molecule has 0 aromatic carbocycles. The standard InChI is InChI=1S/C12H18N4O2.ClH/c13-2-1-12(18)16-7-9(11(17)8-16)5-10-6-14-3-4-15-10;/h3-4,6,9,11,17H,1-2,5,7-8,13H2;1H/t9-,11-;/m1./s1. The third-order valence-corrected chi connectivity index (χ3v) is 3.21. The molecule has 0 unspecified atom stereocenters. The quantitative estimate of drug-likeness (QED) is 0.786. The van der Waals surface area contributed by atoms with E-state index in [1.807, 2.05) is 0 Å². The van der Waals surface area contributed by atoms with Crippen LogP contribution in [0.5, 0.6) is 0 Å². The summed E-state index contributed by atoms with van der Waals surface area (Å²) in [5.41, 5.74) is 6.20. The number of rotatable bonds is 4. The van der Waals surface area contributed by atoms with Crippen molar-refractivity contribution in [3.05, 3.63) is 24.3 Å². The van der Waals surface area contributed by atoms with Crippen molar-refractivity contribution < 1.29 is 9.90 Å². The second kappa shape index (κ2) is 7.37. The van der Waals surface area contributed by atoms with Crippen molar-refractivity contribution in [2.75, 3.05) is 19.6 Å². The Labute approximate surface area is 118 Å². The van der Waals surface area contributed by atoms with Gasteiger partial charge in [-0.25, -0.2) is 0 Å². The van der Waals surface area contributed by atoms with E-state index in [1.54, 1.807) is 23.5 Å². The molecule has 1 aromatic rings. The number of β-amino-alcohol motifs (C(OH)–C–C–N with tert-alkyl or cyclic N) is 1. The lowest BCUT2D eigenvalue weighted by Gasteiger charge is -2.15. The summed E-state index contributed by atoms with van der Waals surface area (Å²) in [6.45, 7) is 1.31. The van der Waals surface area contributed by atoms with E-state index in [0.717, 1.165) is 5.69 Å². The summed E-state index contributed by atoms with van der Waals surface area (Å²) in [7, 11) is 0. The van der Waals surface area contributed by atoms with Gasteiger partial charge in [0.15, 0.2) is 0 Å². The van der Waals surface area contributed by atoms with Crippen molar-refractivity contribution in [1.82, 2.24) is 14.9 Å². The molecule has 0 spiro atoms. The van der Waals surface area contributed by atoms with Crippen molar-refractivity contribution >= 4 is 18.3 Å². The van der Waals surface area contributed by atoms with Crippen LogP contribution in [0.2, 0.25) is 0 Å². The SMILES string of the molecule is Cl.NCCC(=O)N1C[C@@H](Cc2cnccn2)[C@H](O)C1. The van der Waals surface area contributed by atoms with E-state index in [9.17, 15) is 9.90 Å². The largest absolute Gasteiger partial charge is 0.391 e. The minimum atomic E-state index is -0.492. The Bertz CT molecular complexity index is 404. The monoisotopic (exact) mass is 286 g/mol. The number of nitrogens with zero attached hydrogens (tertiary/aromatic N) is 3. The van der Waals surface area contributed by atoms with E-state index in [4.69, 9.17) is 5.73 Å². The number of aliphatic hydroxyl groups is 1. The number of halogens is 1. The first kappa shape index (κ1) is 15.8. The van der Waals surface area contributed by atoms with Crippen molar-refractivity contribution in [3.8, 4) is 0 Å². The summed E-state index contributed by atoms with van der Waals surface area (Å²) < 4.78 is 0. The molecule has 0 saturated carbocycles. The van der Waals surface area contributed by atoms with E-state index in [0.29, 0.717) is 32.5 Å². The second-order valence-corrected chi connectivity index (χ2v) is 4.57. The summed E-state index contributed by atoms with van der Waals surface area (Å²) >= 11 is 0. The highest BCUT2D eigenvalue weighted by molar-refractivity contribution is 5.85. The Morgan fingerprint density at radius 3 is 2.89 bits per heavy atom. The van der Waals surface area contributed by atoms with E-state index in [1.165, 1.54) is 0 Å². The molecule has 2 heterocycles. The van der Waals surface area contributed by atoms with Crippen molar-refractivity contribution in [2.24, 2.45) is 11.7 Å². The highest BCUT2D eigenvalue weighted by atomic mass is 35.5. The fourth-order valence-electron chi connectivity index (χ4n) is 2.24. The summed E-state index contributed by atoms with van der Waals surface area (Å²) in [5, 5.41) is 9.96. The van der Waals surface area contributed by atoms with Crippen molar-refractivity contribution in [1.29, 1.82) is 0 Å². The number of aliphatic hydroxyl groups excluding tert-OH is 1. The van der Waals surface area contributed by atoms with Gasteiger partial charge in [-0.05, 0) is 6.42 Å². The van der Waals surface area contributed by atoms with Gasteiger partial charge in [0, 0.05) is 50.6 Å². The maximum absolute atomic E-state index is 11.7. The number of carbonyl (C=O) groups is 1. The molecule has 1 amide bonds. The molecule has 0 radical (unpaired) electrons. The molecule has 1 aromatic heterocycles. The number of likely N-dealkylation sites (tertiary alicyclic amines) is 1. The van der Waals surface area contributed by atoms with E-state index in [-0.39, 0.29) is 24.2 Å². The highest BCUT2D eigenvalue weighted by Crippen LogP contribution is 2.21. The lowest BCUT2D eigenvalue weighted by molar-refractivity contribution is -0.130. The van der Waals surface area contributed by atoms with Crippen LogP contribution in [-0.2, 0) is 11.2 Å². The summed E-state index contributed by atoms with van der Waals surface area (Å²) in [4.78, 5) is 21.6. The average Bonchev–Trinajstić information content (AvgIpc) is 2.73. The average molecular weight is 287 g/mol. The molecule has 1 fully saturated rings. The highest BCUT2D eigenvalue weighted by Gasteiger charge is 2.33. The molecule has 6 nitrogen and oxygen atoms in total. The minimum absolute atomic E-state index is 0. The Kier molecular flexibility index (Phi) is 6.14. The van der Waals surface area contributed by atoms with Gasteiger partial charge in [-0.15, -0.1) is 12.4 Å². The van der Waals surface area contributed by atoms with Crippen LogP contribution >= 0.6 is 12.4 Å².